The number of rotatable bonds is 8. The highest BCUT2D eigenvalue weighted by Gasteiger charge is 2.54. The van der Waals surface area contributed by atoms with E-state index in [2.05, 4.69) is 25.6 Å². The Morgan fingerprint density at radius 1 is 1.20 bits per heavy atom. The quantitative estimate of drug-likeness (QED) is 0.337. The van der Waals surface area contributed by atoms with Gasteiger partial charge in [0.2, 0.25) is 0 Å². The fourth-order valence-corrected chi connectivity index (χ4v) is 8.46. The lowest BCUT2D eigenvalue weighted by Crippen LogP contribution is -2.48. The Kier molecular flexibility index (Phi) is 8.44. The topological polar surface area (TPSA) is 121 Å². The lowest BCUT2D eigenvalue weighted by Gasteiger charge is -2.36. The van der Waals surface area contributed by atoms with Crippen molar-refractivity contribution in [3.05, 3.63) is 91.7 Å². The van der Waals surface area contributed by atoms with Gasteiger partial charge < -0.3 is 9.64 Å². The van der Waals surface area contributed by atoms with E-state index in [9.17, 15) is 22.4 Å². The number of carbonyl (C=O) groups is 2. The Bertz CT molecular complexity index is 1840. The van der Waals surface area contributed by atoms with Gasteiger partial charge in [-0.3, -0.25) is 14.7 Å². The number of ether oxygens (including phenoxy) is 1. The Morgan fingerprint density at radius 3 is 2.56 bits per heavy atom. The number of hydrogen-bond acceptors (Lipinski definition) is 10. The van der Waals surface area contributed by atoms with E-state index in [-0.39, 0.29) is 22.4 Å². The highest BCUT2D eigenvalue weighted by molar-refractivity contribution is 9.10. The van der Waals surface area contributed by atoms with Gasteiger partial charge in [0.25, 0.3) is 15.9 Å². The summed E-state index contributed by atoms with van der Waals surface area (Å²) in [6.07, 6.45) is 2.34. The Morgan fingerprint density at radius 2 is 1.93 bits per heavy atom. The molecule has 2 aliphatic heterocycles. The van der Waals surface area contributed by atoms with Gasteiger partial charge in [-0.15, -0.1) is 11.3 Å². The first-order valence-electron chi connectivity index (χ1n) is 14.3. The van der Waals surface area contributed by atoms with Crippen LogP contribution in [0.25, 0.3) is 0 Å². The van der Waals surface area contributed by atoms with Crippen molar-refractivity contribution in [2.75, 3.05) is 27.2 Å². The minimum atomic E-state index is -4.09. The second kappa shape index (κ2) is 12.0. The third-order valence-corrected chi connectivity index (χ3v) is 11.5. The summed E-state index contributed by atoms with van der Waals surface area (Å²) in [7, 11) is -1.03. The second-order valence-electron chi connectivity index (χ2n) is 11.6. The number of thiazole rings is 1. The van der Waals surface area contributed by atoms with E-state index in [1.165, 1.54) is 42.7 Å². The monoisotopic (exact) mass is 715 g/mol. The fraction of sp³-hybridized carbons (Fsp3) is 0.355. The van der Waals surface area contributed by atoms with Crippen molar-refractivity contribution in [2.45, 2.75) is 43.2 Å². The van der Waals surface area contributed by atoms with Crippen LogP contribution in [0.15, 0.2) is 79.5 Å². The van der Waals surface area contributed by atoms with E-state index < -0.39 is 39.8 Å². The van der Waals surface area contributed by atoms with E-state index in [1.54, 1.807) is 36.2 Å². The van der Waals surface area contributed by atoms with Crippen molar-refractivity contribution in [3.8, 4) is 0 Å². The molecule has 14 heteroatoms. The SMILES string of the molecule is COC(=O)C1=C(CN2CC3(CC3)C[C@H]2C(=O)NS(=O)(=O)c2ccccc2)N(C)C(c2nc(C)cs2)=N[C@H]1c1ccc(F)cc1Br. The number of nitrogens with one attached hydrogen (secondary N) is 1. The lowest BCUT2D eigenvalue weighted by atomic mass is 9.94. The molecule has 236 valence electrons. The first-order valence-corrected chi connectivity index (χ1v) is 17.4. The normalized spacial score (nSPS) is 21.2. The van der Waals surface area contributed by atoms with Crippen molar-refractivity contribution in [3.63, 3.8) is 0 Å². The van der Waals surface area contributed by atoms with Gasteiger partial charge in [0, 0.05) is 41.4 Å². The number of methoxy groups -OCH3 is 1. The number of likely N-dealkylation sites (N-methyl/N-ethyl adjacent to an activating group) is 1. The molecule has 1 amide bonds. The molecule has 1 aliphatic carbocycles. The minimum absolute atomic E-state index is 0.000886. The zero-order valence-electron chi connectivity index (χ0n) is 24.8. The summed E-state index contributed by atoms with van der Waals surface area (Å²) < 4.78 is 48.3. The molecule has 2 fully saturated rings. The number of aliphatic imine (C=N–C) groups is 1. The van der Waals surface area contributed by atoms with Gasteiger partial charge in [0.05, 0.1) is 23.6 Å². The second-order valence-corrected chi connectivity index (χ2v) is 15.0. The average Bonchev–Trinajstić information content (AvgIpc) is 3.46. The molecule has 0 bridgehead atoms. The molecule has 3 aliphatic rings. The molecule has 1 N–H and O–H groups in total. The molecule has 45 heavy (non-hydrogen) atoms. The van der Waals surface area contributed by atoms with Crippen molar-refractivity contribution in [1.29, 1.82) is 0 Å². The zero-order chi connectivity index (χ0) is 32.1. The lowest BCUT2D eigenvalue weighted by molar-refractivity contribution is -0.136. The molecule has 0 radical (unpaired) electrons. The largest absolute Gasteiger partial charge is 0.466 e. The zero-order valence-corrected chi connectivity index (χ0v) is 28.0. The molecule has 2 atom stereocenters. The summed E-state index contributed by atoms with van der Waals surface area (Å²) in [6.45, 7) is 2.56. The van der Waals surface area contributed by atoms with E-state index in [0.717, 1.165) is 18.5 Å². The summed E-state index contributed by atoms with van der Waals surface area (Å²) in [5.74, 6) is -1.19. The van der Waals surface area contributed by atoms with Crippen LogP contribution in [0.5, 0.6) is 0 Å². The number of halogens is 2. The molecule has 1 saturated heterocycles. The number of amidine groups is 1. The number of benzene rings is 2. The third kappa shape index (κ3) is 6.20. The Hall–Kier alpha value is -3.46. The van der Waals surface area contributed by atoms with Gasteiger partial charge in [-0.05, 0) is 61.4 Å². The summed E-state index contributed by atoms with van der Waals surface area (Å²) in [4.78, 5) is 40.6. The highest BCUT2D eigenvalue weighted by atomic mass is 79.9. The molecule has 0 unspecified atom stereocenters. The van der Waals surface area contributed by atoms with Crippen LogP contribution >= 0.6 is 27.3 Å². The van der Waals surface area contributed by atoms with Crippen LogP contribution < -0.4 is 4.72 Å². The molecule has 10 nitrogen and oxygen atoms in total. The number of esters is 1. The first kappa shape index (κ1) is 31.5. The van der Waals surface area contributed by atoms with Crippen LogP contribution in [0.2, 0.25) is 0 Å². The van der Waals surface area contributed by atoms with Gasteiger partial charge >= 0.3 is 5.97 Å². The third-order valence-electron chi connectivity index (χ3n) is 8.54. The van der Waals surface area contributed by atoms with Gasteiger partial charge in [0.1, 0.15) is 11.9 Å². The molecule has 2 aromatic carbocycles. The maximum atomic E-state index is 14.1. The molecule has 1 saturated carbocycles. The van der Waals surface area contributed by atoms with E-state index >= 15 is 0 Å². The van der Waals surface area contributed by atoms with Gasteiger partial charge in [-0.2, -0.15) is 0 Å². The van der Waals surface area contributed by atoms with Crippen molar-refractivity contribution in [2.24, 2.45) is 10.4 Å². The van der Waals surface area contributed by atoms with Crippen molar-refractivity contribution >= 4 is 55.0 Å². The summed E-state index contributed by atoms with van der Waals surface area (Å²) in [5.41, 5.74) is 2.03. The Labute approximate surface area is 273 Å². The summed E-state index contributed by atoms with van der Waals surface area (Å²) in [6, 6.07) is 10.3. The predicted molar refractivity (Wildman–Crippen MR) is 170 cm³/mol. The number of nitrogens with zero attached hydrogens (tertiary/aromatic N) is 4. The maximum absolute atomic E-state index is 14.1. The molecule has 6 rings (SSSR count). The van der Waals surface area contributed by atoms with Crippen molar-refractivity contribution < 1.29 is 27.1 Å². The van der Waals surface area contributed by atoms with Crippen LogP contribution in [0.3, 0.4) is 0 Å². The summed E-state index contributed by atoms with van der Waals surface area (Å²) >= 11 is 4.86. The molecular formula is C31H31BrFN5O5S2. The van der Waals surface area contributed by atoms with Gasteiger partial charge in [-0.25, -0.2) is 27.3 Å². The summed E-state index contributed by atoms with van der Waals surface area (Å²) in [5, 5.41) is 2.53. The van der Waals surface area contributed by atoms with Gasteiger partial charge in [-0.1, -0.05) is 40.2 Å². The van der Waals surface area contributed by atoms with E-state index in [1.807, 2.05) is 17.2 Å². The molecule has 1 spiro atoms. The molecular weight excluding hydrogens is 685 g/mol. The number of aryl methyl sites for hydroxylation is 1. The first-order chi connectivity index (χ1) is 21.4. The van der Waals surface area contributed by atoms with Crippen LogP contribution in [0.1, 0.15) is 41.6 Å². The standard InChI is InChI=1S/C31H31BrFN5O5S2/c1-18-16-44-29(34-18)27-35-26(21-10-9-19(33)13-22(21)32)25(30(40)43-3)24(37(27)2)15-38-17-31(11-12-31)14-23(38)28(39)36-45(41,42)20-7-5-4-6-8-20/h4-10,13,16,23,26H,11-12,14-15,17H2,1-3H3,(H,36,39)/t23-,26-/m0/s1. The number of amides is 1. The molecule has 3 heterocycles. The number of likely N-dealkylation sites (tertiary alicyclic amines) is 1. The highest BCUT2D eigenvalue weighted by Crippen LogP contribution is 2.55. The number of hydrogen-bond donors (Lipinski definition) is 1. The molecule has 3 aromatic rings. The number of carbonyl (C=O) groups excluding carboxylic acids is 2. The fourth-order valence-electron chi connectivity index (χ4n) is 6.03. The number of aromatic nitrogens is 1. The van der Waals surface area contributed by atoms with Crippen LogP contribution in [0.4, 0.5) is 4.39 Å². The molecule has 1 aromatic heterocycles. The number of sulfonamides is 1. The van der Waals surface area contributed by atoms with Gasteiger partial charge in [0.15, 0.2) is 10.8 Å². The van der Waals surface area contributed by atoms with E-state index in [0.29, 0.717) is 39.5 Å². The Balaban J connectivity index is 1.41. The minimum Gasteiger partial charge on any atom is -0.466 e. The smallest absolute Gasteiger partial charge is 0.338 e. The van der Waals surface area contributed by atoms with Crippen LogP contribution in [-0.4, -0.2) is 74.2 Å². The van der Waals surface area contributed by atoms with Crippen molar-refractivity contribution in [1.82, 2.24) is 19.5 Å². The van der Waals surface area contributed by atoms with E-state index in [4.69, 9.17) is 9.73 Å². The van der Waals surface area contributed by atoms with Crippen LogP contribution in [0, 0.1) is 18.2 Å². The maximum Gasteiger partial charge on any atom is 0.338 e. The average molecular weight is 717 g/mol. The van der Waals surface area contributed by atoms with Crippen LogP contribution in [-0.2, 0) is 24.3 Å². The predicted octanol–water partition coefficient (Wildman–Crippen LogP) is 4.57.